The van der Waals surface area contributed by atoms with E-state index in [-0.39, 0.29) is 12.6 Å². The van der Waals surface area contributed by atoms with Gasteiger partial charge in [-0.05, 0) is 54.7 Å². The van der Waals surface area contributed by atoms with Gasteiger partial charge in [0.2, 0.25) is 12.8 Å². The Balaban J connectivity index is 0.000000402. The van der Waals surface area contributed by atoms with Crippen LogP contribution in [0.15, 0.2) is 58.5 Å². The molecule has 2 rings (SSSR count). The third-order valence-corrected chi connectivity index (χ3v) is 5.44. The van der Waals surface area contributed by atoms with E-state index in [0.717, 1.165) is 48.9 Å². The molecule has 0 radical (unpaired) electrons. The van der Waals surface area contributed by atoms with Crippen LogP contribution in [-0.4, -0.2) is 62.9 Å². The number of aliphatic imine (C=N–C) groups is 2. The Bertz CT molecular complexity index is 969. The second-order valence-corrected chi connectivity index (χ2v) is 8.82. The van der Waals surface area contributed by atoms with E-state index in [1.54, 1.807) is 12.1 Å². The number of aliphatic hydroxyl groups excluding tert-OH is 1. The summed E-state index contributed by atoms with van der Waals surface area (Å²) in [5.41, 5.74) is 14.6. The van der Waals surface area contributed by atoms with Crippen molar-refractivity contribution in [2.75, 3.05) is 38.4 Å². The van der Waals surface area contributed by atoms with Gasteiger partial charge in [0, 0.05) is 17.8 Å². The molecule has 0 heterocycles. The maximum Gasteiger partial charge on any atom is 0.331 e. The third kappa shape index (κ3) is 16.3. The predicted molar refractivity (Wildman–Crippen MR) is 157 cm³/mol. The molecule has 2 aromatic rings. The summed E-state index contributed by atoms with van der Waals surface area (Å²) in [4.78, 5) is 39.2. The van der Waals surface area contributed by atoms with Crippen molar-refractivity contribution in [3.8, 4) is 0 Å². The molecule has 0 saturated carbocycles. The van der Waals surface area contributed by atoms with Gasteiger partial charge in [-0.3, -0.25) is 0 Å². The number of anilines is 2. The lowest BCUT2D eigenvalue weighted by Gasteiger charge is -2.10. The zero-order chi connectivity index (χ0) is 29.4. The number of hydrogen-bond acceptors (Lipinski definition) is 11. The van der Waals surface area contributed by atoms with E-state index in [1.165, 1.54) is 13.5 Å². The van der Waals surface area contributed by atoms with Gasteiger partial charge < -0.3 is 31.1 Å². The van der Waals surface area contributed by atoms with E-state index in [0.29, 0.717) is 31.7 Å². The van der Waals surface area contributed by atoms with Crippen molar-refractivity contribution in [3.63, 3.8) is 0 Å². The highest BCUT2D eigenvalue weighted by molar-refractivity contribution is 5.77. The van der Waals surface area contributed by atoms with Crippen molar-refractivity contribution in [3.05, 3.63) is 59.7 Å². The molecule has 5 N–H and O–H groups in total. The zero-order valence-corrected chi connectivity index (χ0v) is 23.7. The standard InChI is InChI=1S/C15H22N2O4.C14H22N2O3/c1-3-4-9-20-21-11-17-14(15(18)19-2)10-12-5-7-13(16)8-6-12;1-2-3-8-18-19-11-16-14(10-17)9-12-4-6-13(15)7-5-12/h5-8,11,14H,3-4,9-10,16H2,1-2H3;4-7,11,14,17H,2-3,8-10,15H2,1H3. The molecule has 0 aliphatic heterocycles. The summed E-state index contributed by atoms with van der Waals surface area (Å²) in [7, 11) is 1.33. The van der Waals surface area contributed by atoms with Gasteiger partial charge >= 0.3 is 5.97 Å². The number of carbonyl (C=O) groups excluding carboxylic acids is 1. The number of esters is 1. The van der Waals surface area contributed by atoms with Crippen LogP contribution in [-0.2, 0) is 41.9 Å². The van der Waals surface area contributed by atoms with Crippen LogP contribution >= 0.6 is 0 Å². The van der Waals surface area contributed by atoms with Gasteiger partial charge in [0.25, 0.3) is 0 Å². The quantitative estimate of drug-likeness (QED) is 0.0464. The first-order valence-corrected chi connectivity index (χ1v) is 13.4. The minimum absolute atomic E-state index is 0.0425. The first-order chi connectivity index (χ1) is 19.4. The SMILES string of the molecule is CCCCOOC=NC(CO)Cc1ccc(N)cc1.CCCCOOC=NC(Cc1ccc(N)cc1)C(=O)OC. The van der Waals surface area contributed by atoms with Crippen molar-refractivity contribution >= 4 is 30.1 Å². The lowest BCUT2D eigenvalue weighted by atomic mass is 10.1. The molecular weight excluding hydrogens is 516 g/mol. The van der Waals surface area contributed by atoms with E-state index >= 15 is 0 Å². The molecule has 2 atom stereocenters. The molecule has 0 amide bonds. The van der Waals surface area contributed by atoms with Crippen molar-refractivity contribution in [2.45, 2.75) is 64.5 Å². The molecule has 0 saturated heterocycles. The molecule has 40 heavy (non-hydrogen) atoms. The van der Waals surface area contributed by atoms with Gasteiger partial charge in [0.05, 0.1) is 33.0 Å². The molecule has 0 bridgehead atoms. The zero-order valence-electron chi connectivity index (χ0n) is 23.7. The molecule has 0 spiro atoms. The minimum Gasteiger partial charge on any atom is -0.467 e. The number of nitrogens with two attached hydrogens (primary N) is 2. The van der Waals surface area contributed by atoms with Crippen molar-refractivity contribution in [1.29, 1.82) is 0 Å². The van der Waals surface area contributed by atoms with Crippen molar-refractivity contribution in [2.24, 2.45) is 9.98 Å². The topological polar surface area (TPSA) is 160 Å². The smallest absolute Gasteiger partial charge is 0.331 e. The summed E-state index contributed by atoms with van der Waals surface area (Å²) in [5.74, 6) is -0.430. The number of rotatable bonds is 18. The molecule has 222 valence electrons. The number of nitrogens with zero attached hydrogens (tertiary/aromatic N) is 2. The van der Waals surface area contributed by atoms with Gasteiger partial charge in [-0.25, -0.2) is 14.8 Å². The highest BCUT2D eigenvalue weighted by Crippen LogP contribution is 2.11. The number of aliphatic hydroxyl groups is 1. The summed E-state index contributed by atoms with van der Waals surface area (Å²) in [6.45, 7) is 5.12. The summed E-state index contributed by atoms with van der Waals surface area (Å²) in [5, 5.41) is 9.25. The second-order valence-electron chi connectivity index (χ2n) is 8.82. The predicted octanol–water partition coefficient (Wildman–Crippen LogP) is 4.08. The van der Waals surface area contributed by atoms with Gasteiger partial charge in [-0.1, -0.05) is 51.0 Å². The summed E-state index contributed by atoms with van der Waals surface area (Å²) in [6, 6.07) is 13.8. The highest BCUT2D eigenvalue weighted by atomic mass is 17.2. The lowest BCUT2D eigenvalue weighted by Crippen LogP contribution is -2.23. The van der Waals surface area contributed by atoms with E-state index in [1.807, 2.05) is 36.4 Å². The van der Waals surface area contributed by atoms with E-state index < -0.39 is 12.0 Å². The number of methoxy groups -OCH3 is 1. The largest absolute Gasteiger partial charge is 0.467 e. The Kier molecular flexibility index (Phi) is 19.0. The fourth-order valence-electron chi connectivity index (χ4n) is 3.07. The first-order valence-electron chi connectivity index (χ1n) is 13.4. The Morgan fingerprint density at radius 1 is 0.825 bits per heavy atom. The van der Waals surface area contributed by atoms with Gasteiger partial charge in [-0.2, -0.15) is 9.78 Å². The van der Waals surface area contributed by atoms with Crippen molar-refractivity contribution in [1.82, 2.24) is 0 Å². The normalized spacial score (nSPS) is 12.5. The van der Waals surface area contributed by atoms with Crippen LogP contribution in [0.25, 0.3) is 0 Å². The summed E-state index contributed by atoms with van der Waals surface area (Å²) >= 11 is 0. The van der Waals surface area contributed by atoms with Gasteiger partial charge in [-0.15, -0.1) is 0 Å². The Morgan fingerprint density at radius 3 is 1.75 bits per heavy atom. The van der Waals surface area contributed by atoms with E-state index in [9.17, 15) is 9.90 Å². The van der Waals surface area contributed by atoms with E-state index in [4.69, 9.17) is 35.8 Å². The number of nitrogen functional groups attached to an aromatic ring is 2. The molecule has 2 aromatic carbocycles. The number of unbranched alkanes of at least 4 members (excludes halogenated alkanes) is 2. The number of benzene rings is 2. The summed E-state index contributed by atoms with van der Waals surface area (Å²) < 4.78 is 4.73. The number of hydrogen-bond donors (Lipinski definition) is 3. The summed E-state index contributed by atoms with van der Waals surface area (Å²) in [6.07, 6.45) is 7.33. The fraction of sp³-hybridized carbons (Fsp3) is 0.483. The van der Waals surface area contributed by atoms with Crippen LogP contribution in [0.2, 0.25) is 0 Å². The average Bonchev–Trinajstić information content (AvgIpc) is 2.97. The maximum atomic E-state index is 11.7. The highest BCUT2D eigenvalue weighted by Gasteiger charge is 2.18. The molecular formula is C29H44N4O7. The number of ether oxygens (including phenoxy) is 1. The van der Waals surface area contributed by atoms with Crippen LogP contribution in [0, 0.1) is 0 Å². The van der Waals surface area contributed by atoms with Crippen LogP contribution in [0.3, 0.4) is 0 Å². The van der Waals surface area contributed by atoms with Crippen molar-refractivity contribution < 1.29 is 34.2 Å². The lowest BCUT2D eigenvalue weighted by molar-refractivity contribution is -0.217. The van der Waals surface area contributed by atoms with Crippen LogP contribution in [0.4, 0.5) is 11.4 Å². The molecule has 11 heteroatoms. The van der Waals surface area contributed by atoms with Crippen LogP contribution < -0.4 is 11.5 Å². The Labute approximate surface area is 237 Å². The molecule has 11 nitrogen and oxygen atoms in total. The average molecular weight is 561 g/mol. The second kappa shape index (κ2) is 22.2. The maximum absolute atomic E-state index is 11.7. The van der Waals surface area contributed by atoms with Gasteiger partial charge in [0.1, 0.15) is 0 Å². The molecule has 0 fully saturated rings. The number of carbonyl (C=O) groups is 1. The fourth-order valence-corrected chi connectivity index (χ4v) is 3.07. The molecule has 2 unspecified atom stereocenters. The van der Waals surface area contributed by atoms with E-state index in [2.05, 4.69) is 23.8 Å². The third-order valence-electron chi connectivity index (χ3n) is 5.44. The molecule has 0 aliphatic rings. The first kappa shape index (κ1) is 34.4. The Hall–Kier alpha value is -3.67. The molecule has 0 aromatic heterocycles. The minimum atomic E-state index is -0.673. The van der Waals surface area contributed by atoms with Gasteiger partial charge in [0.15, 0.2) is 6.04 Å². The Morgan fingerprint density at radius 2 is 1.30 bits per heavy atom. The van der Waals surface area contributed by atoms with Crippen LogP contribution in [0.1, 0.15) is 50.7 Å². The monoisotopic (exact) mass is 560 g/mol. The van der Waals surface area contributed by atoms with Crippen LogP contribution in [0.5, 0.6) is 0 Å². The molecule has 0 aliphatic carbocycles.